The molecule has 0 saturated carbocycles. The lowest BCUT2D eigenvalue weighted by Gasteiger charge is -2.16. The number of hydrogen-bond acceptors (Lipinski definition) is 1. The third-order valence-corrected chi connectivity index (χ3v) is 3.34. The van der Waals surface area contributed by atoms with Crippen molar-refractivity contribution in [2.75, 3.05) is 0 Å². The zero-order valence-corrected chi connectivity index (χ0v) is 11.0. The molecule has 1 nitrogen and oxygen atoms in total. The van der Waals surface area contributed by atoms with Gasteiger partial charge in [-0.25, -0.2) is 0 Å². The summed E-state index contributed by atoms with van der Waals surface area (Å²) in [5, 5.41) is 0. The van der Waals surface area contributed by atoms with E-state index in [0.717, 1.165) is 0 Å². The van der Waals surface area contributed by atoms with E-state index in [9.17, 15) is 0 Å². The van der Waals surface area contributed by atoms with Gasteiger partial charge >= 0.3 is 0 Å². The molecule has 0 aliphatic carbocycles. The van der Waals surface area contributed by atoms with Crippen molar-refractivity contribution in [2.24, 2.45) is 0 Å². The Bertz CT molecular complexity index is 396. The molecular formula is C17H21N. The average Bonchev–Trinajstić information content (AvgIpc) is 2.46. The van der Waals surface area contributed by atoms with Crippen molar-refractivity contribution in [1.29, 1.82) is 0 Å². The van der Waals surface area contributed by atoms with Gasteiger partial charge in [0.2, 0.25) is 0 Å². The van der Waals surface area contributed by atoms with Crippen molar-refractivity contribution in [1.82, 2.24) is 4.98 Å². The maximum absolute atomic E-state index is 4.53. The molecule has 0 fully saturated rings. The van der Waals surface area contributed by atoms with Gasteiger partial charge in [0.05, 0.1) is 0 Å². The Balaban J connectivity index is 2.18. The van der Waals surface area contributed by atoms with Crippen molar-refractivity contribution in [3.05, 3.63) is 66.0 Å². The molecule has 1 aromatic heterocycles. The molecule has 1 unspecified atom stereocenters. The molecule has 2 rings (SSSR count). The third-order valence-electron chi connectivity index (χ3n) is 3.34. The molecule has 18 heavy (non-hydrogen) atoms. The minimum absolute atomic E-state index is 0.443. The molecule has 0 saturated heterocycles. The molecule has 1 heterocycles. The van der Waals surface area contributed by atoms with Crippen LogP contribution in [0.2, 0.25) is 0 Å². The van der Waals surface area contributed by atoms with Crippen LogP contribution in [0.5, 0.6) is 0 Å². The van der Waals surface area contributed by atoms with E-state index in [2.05, 4.69) is 54.4 Å². The molecule has 0 N–H and O–H groups in total. The zero-order valence-electron chi connectivity index (χ0n) is 11.0. The Kier molecular flexibility index (Phi) is 4.95. The summed E-state index contributed by atoms with van der Waals surface area (Å²) in [6.45, 7) is 2.25. The minimum atomic E-state index is 0.443. The Morgan fingerprint density at radius 2 is 1.72 bits per heavy atom. The topological polar surface area (TPSA) is 12.9 Å². The SMILES string of the molecule is CCCCCC(c1ccccc1)c1ccccn1. The summed E-state index contributed by atoms with van der Waals surface area (Å²) in [5.41, 5.74) is 2.58. The van der Waals surface area contributed by atoms with Crippen LogP contribution in [0.1, 0.15) is 49.8 Å². The highest BCUT2D eigenvalue weighted by Gasteiger charge is 2.14. The first-order valence-electron chi connectivity index (χ1n) is 6.87. The predicted molar refractivity (Wildman–Crippen MR) is 76.7 cm³/mol. The molecule has 1 heteroatoms. The molecule has 0 amide bonds. The van der Waals surface area contributed by atoms with Crippen LogP contribution in [-0.2, 0) is 0 Å². The number of pyridine rings is 1. The number of benzene rings is 1. The van der Waals surface area contributed by atoms with Crippen molar-refractivity contribution in [2.45, 2.75) is 38.5 Å². The molecule has 94 valence electrons. The fraction of sp³-hybridized carbons (Fsp3) is 0.353. The van der Waals surface area contributed by atoms with Crippen LogP contribution in [0.25, 0.3) is 0 Å². The first-order valence-corrected chi connectivity index (χ1v) is 6.87. The maximum atomic E-state index is 4.53. The summed E-state index contributed by atoms with van der Waals surface area (Å²) < 4.78 is 0. The lowest BCUT2D eigenvalue weighted by atomic mass is 9.90. The lowest BCUT2D eigenvalue weighted by Crippen LogP contribution is -2.03. The predicted octanol–water partition coefficient (Wildman–Crippen LogP) is 4.79. The smallest absolute Gasteiger partial charge is 0.0478 e. The van der Waals surface area contributed by atoms with Gasteiger partial charge in [-0.05, 0) is 24.1 Å². The van der Waals surface area contributed by atoms with Gasteiger partial charge in [0.15, 0.2) is 0 Å². The monoisotopic (exact) mass is 239 g/mol. The first-order chi connectivity index (χ1) is 8.92. The second-order valence-electron chi connectivity index (χ2n) is 4.71. The summed E-state index contributed by atoms with van der Waals surface area (Å²) in [6.07, 6.45) is 6.92. The van der Waals surface area contributed by atoms with Crippen LogP contribution in [-0.4, -0.2) is 4.98 Å². The van der Waals surface area contributed by atoms with Gasteiger partial charge in [-0.2, -0.15) is 0 Å². The van der Waals surface area contributed by atoms with E-state index in [-0.39, 0.29) is 0 Å². The second-order valence-corrected chi connectivity index (χ2v) is 4.71. The van der Waals surface area contributed by atoms with E-state index in [0.29, 0.717) is 5.92 Å². The van der Waals surface area contributed by atoms with Crippen molar-refractivity contribution >= 4 is 0 Å². The van der Waals surface area contributed by atoms with E-state index in [1.165, 1.54) is 36.9 Å². The van der Waals surface area contributed by atoms with Gasteiger partial charge in [0.1, 0.15) is 0 Å². The van der Waals surface area contributed by atoms with E-state index >= 15 is 0 Å². The van der Waals surface area contributed by atoms with Crippen LogP contribution in [0.15, 0.2) is 54.7 Å². The number of unbranched alkanes of at least 4 members (excludes halogenated alkanes) is 2. The third kappa shape index (κ3) is 3.43. The summed E-state index contributed by atoms with van der Waals surface area (Å²) in [6, 6.07) is 16.9. The highest BCUT2D eigenvalue weighted by molar-refractivity contribution is 5.28. The van der Waals surface area contributed by atoms with E-state index < -0.39 is 0 Å². The largest absolute Gasteiger partial charge is 0.261 e. The molecular weight excluding hydrogens is 218 g/mol. The second kappa shape index (κ2) is 6.95. The molecule has 2 aromatic rings. The van der Waals surface area contributed by atoms with Gasteiger partial charge in [-0.1, -0.05) is 62.6 Å². The van der Waals surface area contributed by atoms with Gasteiger partial charge in [0, 0.05) is 17.8 Å². The molecule has 0 radical (unpaired) electrons. The molecule has 0 spiro atoms. The molecule has 0 bridgehead atoms. The Morgan fingerprint density at radius 1 is 0.944 bits per heavy atom. The highest BCUT2D eigenvalue weighted by atomic mass is 14.7. The van der Waals surface area contributed by atoms with Crippen LogP contribution in [0, 0.1) is 0 Å². The summed E-state index contributed by atoms with van der Waals surface area (Å²) in [5.74, 6) is 0.443. The van der Waals surface area contributed by atoms with E-state index in [4.69, 9.17) is 0 Å². The fourth-order valence-electron chi connectivity index (χ4n) is 2.35. The standard InChI is InChI=1S/C17H21N/c1-2-3-5-12-16(15-10-6-4-7-11-15)17-13-8-9-14-18-17/h4,6-11,13-14,16H,2-3,5,12H2,1H3. The number of nitrogens with zero attached hydrogens (tertiary/aromatic N) is 1. The van der Waals surface area contributed by atoms with E-state index in [1.807, 2.05) is 12.3 Å². The summed E-state index contributed by atoms with van der Waals surface area (Å²) in [7, 11) is 0. The maximum Gasteiger partial charge on any atom is 0.0478 e. The van der Waals surface area contributed by atoms with Gasteiger partial charge in [-0.3, -0.25) is 4.98 Å². The van der Waals surface area contributed by atoms with Gasteiger partial charge in [-0.15, -0.1) is 0 Å². The minimum Gasteiger partial charge on any atom is -0.261 e. The fourth-order valence-corrected chi connectivity index (χ4v) is 2.35. The van der Waals surface area contributed by atoms with Crippen molar-refractivity contribution in [3.8, 4) is 0 Å². The van der Waals surface area contributed by atoms with Gasteiger partial charge < -0.3 is 0 Å². The Morgan fingerprint density at radius 3 is 2.39 bits per heavy atom. The van der Waals surface area contributed by atoms with Crippen LogP contribution in [0.4, 0.5) is 0 Å². The highest BCUT2D eigenvalue weighted by Crippen LogP contribution is 2.28. The van der Waals surface area contributed by atoms with Gasteiger partial charge in [0.25, 0.3) is 0 Å². The number of hydrogen-bond donors (Lipinski definition) is 0. The van der Waals surface area contributed by atoms with Crippen molar-refractivity contribution in [3.63, 3.8) is 0 Å². The first kappa shape index (κ1) is 12.8. The Labute approximate surface area is 110 Å². The molecule has 1 atom stereocenters. The van der Waals surface area contributed by atoms with Crippen LogP contribution >= 0.6 is 0 Å². The van der Waals surface area contributed by atoms with E-state index in [1.54, 1.807) is 0 Å². The normalized spacial score (nSPS) is 12.3. The number of rotatable bonds is 6. The molecule has 0 aliphatic heterocycles. The zero-order chi connectivity index (χ0) is 12.6. The summed E-state index contributed by atoms with van der Waals surface area (Å²) in [4.78, 5) is 4.53. The van der Waals surface area contributed by atoms with Crippen LogP contribution < -0.4 is 0 Å². The van der Waals surface area contributed by atoms with Crippen molar-refractivity contribution < 1.29 is 0 Å². The number of aromatic nitrogens is 1. The molecule has 0 aliphatic rings. The molecule has 1 aromatic carbocycles. The van der Waals surface area contributed by atoms with Crippen LogP contribution in [0.3, 0.4) is 0 Å². The Hall–Kier alpha value is -1.63. The quantitative estimate of drug-likeness (QED) is 0.660. The lowest BCUT2D eigenvalue weighted by molar-refractivity contribution is 0.609. The average molecular weight is 239 g/mol. The summed E-state index contributed by atoms with van der Waals surface area (Å²) >= 11 is 0.